The van der Waals surface area contributed by atoms with Crippen molar-refractivity contribution >= 4 is 23.6 Å². The molecule has 0 atom stereocenters. The van der Waals surface area contributed by atoms with E-state index < -0.39 is 17.3 Å². The number of methoxy groups -OCH3 is 1. The summed E-state index contributed by atoms with van der Waals surface area (Å²) >= 11 is 0. The fraction of sp³-hybridized carbons (Fsp3) is 0.481. The molecule has 2 aliphatic heterocycles. The smallest absolute Gasteiger partial charge is 0.412 e. The summed E-state index contributed by atoms with van der Waals surface area (Å²) in [5.74, 6) is 0.782. The second-order valence-corrected chi connectivity index (χ2v) is 10.3. The predicted molar refractivity (Wildman–Crippen MR) is 135 cm³/mol. The van der Waals surface area contributed by atoms with Crippen molar-refractivity contribution in [2.75, 3.05) is 37.4 Å². The number of likely N-dealkylation sites (tertiary alicyclic amines) is 1. The van der Waals surface area contributed by atoms with Gasteiger partial charge < -0.3 is 19.1 Å². The third kappa shape index (κ3) is 5.88. The first-order valence-corrected chi connectivity index (χ1v) is 12.1. The lowest BCUT2D eigenvalue weighted by atomic mass is 9.81. The number of ether oxygens (including phenoxy) is 3. The summed E-state index contributed by atoms with van der Waals surface area (Å²) < 4.78 is 16.8. The maximum atomic E-state index is 12.2. The van der Waals surface area contributed by atoms with E-state index >= 15 is 0 Å². The Bertz CT molecular complexity index is 1100. The van der Waals surface area contributed by atoms with Gasteiger partial charge in [0.2, 0.25) is 0 Å². The maximum absolute atomic E-state index is 12.2. The number of anilines is 2. The Morgan fingerprint density at radius 3 is 2.60 bits per heavy atom. The molecule has 2 N–H and O–H groups in total. The van der Waals surface area contributed by atoms with Gasteiger partial charge in [0.05, 0.1) is 12.8 Å². The standard InChI is InChI=1S/C27H35N3O5/c1-18-6-8-22-21(16-18)27(35-25(32)29-22)11-14-30(15-12-27)13-10-19-17-20(7-9-23(19)33-5)28-24(31)34-26(2,3)4/h6-9,16-17H,10-15H2,1-5H3,(H,28,31)(H,29,32). The normalized spacial score (nSPS) is 17.2. The summed E-state index contributed by atoms with van der Waals surface area (Å²) in [6.07, 6.45) is 1.38. The molecule has 2 aliphatic rings. The zero-order valence-corrected chi connectivity index (χ0v) is 21.2. The van der Waals surface area contributed by atoms with Crippen LogP contribution in [0.1, 0.15) is 50.3 Å². The molecule has 0 radical (unpaired) electrons. The molecule has 2 aromatic carbocycles. The van der Waals surface area contributed by atoms with E-state index in [9.17, 15) is 9.59 Å². The number of fused-ring (bicyclic) bond motifs is 2. The van der Waals surface area contributed by atoms with Crippen LogP contribution < -0.4 is 15.4 Å². The minimum absolute atomic E-state index is 0.381. The van der Waals surface area contributed by atoms with Crippen LogP contribution in [0.4, 0.5) is 21.0 Å². The molecular weight excluding hydrogens is 446 g/mol. The number of rotatable bonds is 5. The lowest BCUT2D eigenvalue weighted by Crippen LogP contribution is -2.48. The van der Waals surface area contributed by atoms with Crippen LogP contribution >= 0.6 is 0 Å². The quantitative estimate of drug-likeness (QED) is 0.591. The van der Waals surface area contributed by atoms with E-state index in [1.54, 1.807) is 7.11 Å². The highest BCUT2D eigenvalue weighted by Gasteiger charge is 2.44. The average molecular weight is 482 g/mol. The van der Waals surface area contributed by atoms with Gasteiger partial charge in [0.25, 0.3) is 0 Å². The number of piperidine rings is 1. The molecule has 2 amide bonds. The number of hydrogen-bond donors (Lipinski definition) is 2. The topological polar surface area (TPSA) is 89.1 Å². The molecule has 0 aromatic heterocycles. The van der Waals surface area contributed by atoms with Crippen molar-refractivity contribution in [2.45, 2.75) is 58.2 Å². The Balaban J connectivity index is 1.40. The molecule has 1 saturated heterocycles. The van der Waals surface area contributed by atoms with Gasteiger partial charge in [-0.2, -0.15) is 0 Å². The van der Waals surface area contributed by atoms with E-state index in [4.69, 9.17) is 14.2 Å². The van der Waals surface area contributed by atoms with Gasteiger partial charge in [0.15, 0.2) is 0 Å². The van der Waals surface area contributed by atoms with E-state index in [-0.39, 0.29) is 6.09 Å². The Kier molecular flexibility index (Phi) is 6.94. The fourth-order valence-electron chi connectivity index (χ4n) is 4.77. The lowest BCUT2D eigenvalue weighted by Gasteiger charge is -2.44. The zero-order chi connectivity index (χ0) is 25.2. The molecule has 0 unspecified atom stereocenters. The Labute approximate surface area is 206 Å². The largest absolute Gasteiger partial charge is 0.496 e. The van der Waals surface area contributed by atoms with Crippen LogP contribution in [0.25, 0.3) is 0 Å². The van der Waals surface area contributed by atoms with Gasteiger partial charge in [-0.05, 0) is 70.0 Å². The molecule has 8 heteroatoms. The average Bonchev–Trinajstić information content (AvgIpc) is 2.78. The number of carbonyl (C=O) groups excluding carboxylic acids is 2. The van der Waals surface area contributed by atoms with Gasteiger partial charge in [0, 0.05) is 43.7 Å². The lowest BCUT2D eigenvalue weighted by molar-refractivity contribution is -0.0376. The van der Waals surface area contributed by atoms with Crippen LogP contribution in [0, 0.1) is 6.92 Å². The van der Waals surface area contributed by atoms with Crippen molar-refractivity contribution < 1.29 is 23.8 Å². The van der Waals surface area contributed by atoms with Crippen molar-refractivity contribution in [1.82, 2.24) is 4.90 Å². The first-order chi connectivity index (χ1) is 16.6. The van der Waals surface area contributed by atoms with Gasteiger partial charge in [-0.3, -0.25) is 10.6 Å². The van der Waals surface area contributed by atoms with E-state index in [1.165, 1.54) is 0 Å². The van der Waals surface area contributed by atoms with Gasteiger partial charge in [0.1, 0.15) is 17.0 Å². The summed E-state index contributed by atoms with van der Waals surface area (Å²) in [4.78, 5) is 26.8. The van der Waals surface area contributed by atoms with Crippen LogP contribution in [0.2, 0.25) is 0 Å². The summed E-state index contributed by atoms with van der Waals surface area (Å²) in [6.45, 7) is 10.0. The van der Waals surface area contributed by atoms with Crippen molar-refractivity contribution in [2.24, 2.45) is 0 Å². The van der Waals surface area contributed by atoms with Gasteiger partial charge >= 0.3 is 12.2 Å². The van der Waals surface area contributed by atoms with Crippen LogP contribution in [0.5, 0.6) is 5.75 Å². The number of carbonyl (C=O) groups is 2. The van der Waals surface area contributed by atoms with E-state index in [2.05, 4.69) is 28.5 Å². The number of benzene rings is 2. The molecule has 0 aliphatic carbocycles. The highest BCUT2D eigenvalue weighted by Crippen LogP contribution is 2.43. The summed E-state index contributed by atoms with van der Waals surface area (Å²) in [7, 11) is 1.65. The molecule has 0 saturated carbocycles. The summed E-state index contributed by atoms with van der Waals surface area (Å²) in [5, 5.41) is 5.63. The highest BCUT2D eigenvalue weighted by molar-refractivity contribution is 5.89. The molecule has 35 heavy (non-hydrogen) atoms. The maximum Gasteiger partial charge on any atom is 0.412 e. The molecule has 1 spiro atoms. The highest BCUT2D eigenvalue weighted by atomic mass is 16.6. The van der Waals surface area contributed by atoms with E-state index in [1.807, 2.05) is 51.1 Å². The van der Waals surface area contributed by atoms with Crippen LogP contribution in [-0.4, -0.2) is 49.4 Å². The van der Waals surface area contributed by atoms with Crippen LogP contribution in [0.3, 0.4) is 0 Å². The zero-order valence-electron chi connectivity index (χ0n) is 21.2. The molecule has 2 aromatic rings. The number of nitrogens with zero attached hydrogens (tertiary/aromatic N) is 1. The SMILES string of the molecule is COc1ccc(NC(=O)OC(C)(C)C)cc1CCN1CCC2(CC1)OC(=O)Nc1ccc(C)cc12. The number of amides is 2. The monoisotopic (exact) mass is 481 g/mol. The molecule has 188 valence electrons. The van der Waals surface area contributed by atoms with Crippen LogP contribution in [-0.2, 0) is 21.5 Å². The number of hydrogen-bond acceptors (Lipinski definition) is 6. The second-order valence-electron chi connectivity index (χ2n) is 10.3. The Morgan fingerprint density at radius 2 is 1.91 bits per heavy atom. The van der Waals surface area contributed by atoms with Crippen molar-refractivity contribution in [3.05, 3.63) is 53.1 Å². The molecule has 8 nitrogen and oxygen atoms in total. The van der Waals surface area contributed by atoms with Gasteiger partial charge in [-0.15, -0.1) is 0 Å². The minimum Gasteiger partial charge on any atom is -0.496 e. The third-order valence-corrected chi connectivity index (χ3v) is 6.48. The molecule has 2 heterocycles. The second kappa shape index (κ2) is 9.77. The molecule has 4 rings (SSSR count). The first kappa shape index (κ1) is 24.9. The Hall–Kier alpha value is -3.26. The molecule has 0 bridgehead atoms. The summed E-state index contributed by atoms with van der Waals surface area (Å²) in [6, 6.07) is 11.7. The van der Waals surface area contributed by atoms with Crippen molar-refractivity contribution in [3.63, 3.8) is 0 Å². The third-order valence-electron chi connectivity index (χ3n) is 6.48. The van der Waals surface area contributed by atoms with Gasteiger partial charge in [-0.1, -0.05) is 11.6 Å². The van der Waals surface area contributed by atoms with Crippen molar-refractivity contribution in [1.29, 1.82) is 0 Å². The van der Waals surface area contributed by atoms with E-state index in [0.29, 0.717) is 5.69 Å². The Morgan fingerprint density at radius 1 is 1.17 bits per heavy atom. The summed E-state index contributed by atoms with van der Waals surface area (Å²) in [5.41, 5.74) is 3.61. The fourth-order valence-corrected chi connectivity index (χ4v) is 4.77. The molecule has 1 fully saturated rings. The minimum atomic E-state index is -0.574. The molecular formula is C27H35N3O5. The van der Waals surface area contributed by atoms with Crippen molar-refractivity contribution in [3.8, 4) is 5.75 Å². The predicted octanol–water partition coefficient (Wildman–Crippen LogP) is 5.45. The van der Waals surface area contributed by atoms with Gasteiger partial charge in [-0.25, -0.2) is 9.59 Å². The first-order valence-electron chi connectivity index (χ1n) is 12.1. The number of nitrogens with one attached hydrogen (secondary N) is 2. The number of aryl methyl sites for hydroxylation is 1. The van der Waals surface area contributed by atoms with Crippen LogP contribution in [0.15, 0.2) is 36.4 Å². The van der Waals surface area contributed by atoms with E-state index in [0.717, 1.165) is 67.0 Å².